The Morgan fingerprint density at radius 1 is 1.55 bits per heavy atom. The summed E-state index contributed by atoms with van der Waals surface area (Å²) < 4.78 is 5.26. The molecule has 1 heterocycles. The molecule has 0 saturated carbocycles. The maximum absolute atomic E-state index is 12.0. The summed E-state index contributed by atoms with van der Waals surface area (Å²) in [4.78, 5) is 12.0. The highest BCUT2D eigenvalue weighted by Crippen LogP contribution is 2.17. The summed E-state index contributed by atoms with van der Waals surface area (Å²) in [7, 11) is 0. The number of amides is 1. The van der Waals surface area contributed by atoms with Crippen LogP contribution in [0.4, 0.5) is 0 Å². The lowest BCUT2D eigenvalue weighted by atomic mass is 10.1. The third kappa shape index (κ3) is 3.97. The van der Waals surface area contributed by atoms with Crippen molar-refractivity contribution in [2.45, 2.75) is 6.42 Å². The van der Waals surface area contributed by atoms with Crippen molar-refractivity contribution >= 4 is 17.5 Å². The van der Waals surface area contributed by atoms with Crippen molar-refractivity contribution in [1.29, 1.82) is 0 Å². The highest BCUT2D eigenvalue weighted by atomic mass is 35.5. The van der Waals surface area contributed by atoms with E-state index in [4.69, 9.17) is 21.4 Å². The van der Waals surface area contributed by atoms with Crippen LogP contribution >= 0.6 is 11.6 Å². The van der Waals surface area contributed by atoms with Crippen molar-refractivity contribution < 1.29 is 14.6 Å². The van der Waals surface area contributed by atoms with Crippen LogP contribution in [0.5, 0.6) is 0 Å². The van der Waals surface area contributed by atoms with Crippen molar-refractivity contribution in [2.24, 2.45) is 5.92 Å². The van der Waals surface area contributed by atoms with Gasteiger partial charge in [0.15, 0.2) is 0 Å². The number of carbonyl (C=O) groups excluding carboxylic acids is 1. The van der Waals surface area contributed by atoms with Gasteiger partial charge in [0.25, 0.3) is 5.91 Å². The minimum Gasteiger partial charge on any atom is -0.384 e. The average Bonchev–Trinajstić information content (AvgIpc) is 2.96. The van der Waals surface area contributed by atoms with E-state index in [2.05, 4.69) is 17.2 Å². The Morgan fingerprint density at radius 3 is 3.05 bits per heavy atom. The first-order valence-electron chi connectivity index (χ1n) is 6.46. The van der Waals surface area contributed by atoms with Crippen molar-refractivity contribution in [3.63, 3.8) is 0 Å². The van der Waals surface area contributed by atoms with Gasteiger partial charge in [0.2, 0.25) is 0 Å². The monoisotopic (exact) mass is 293 g/mol. The second kappa shape index (κ2) is 7.30. The smallest absolute Gasteiger partial charge is 0.251 e. The Kier molecular flexibility index (Phi) is 5.42. The van der Waals surface area contributed by atoms with Gasteiger partial charge in [0.05, 0.1) is 11.6 Å². The lowest BCUT2D eigenvalue weighted by Gasteiger charge is -2.10. The van der Waals surface area contributed by atoms with Gasteiger partial charge in [-0.25, -0.2) is 0 Å². The number of carbonyl (C=O) groups is 1. The van der Waals surface area contributed by atoms with E-state index in [0.717, 1.165) is 13.0 Å². The molecule has 2 rings (SSSR count). The Bertz CT molecular complexity index is 542. The highest BCUT2D eigenvalue weighted by Gasteiger charge is 2.17. The maximum Gasteiger partial charge on any atom is 0.251 e. The van der Waals surface area contributed by atoms with E-state index in [9.17, 15) is 4.79 Å². The van der Waals surface area contributed by atoms with Crippen LogP contribution < -0.4 is 5.32 Å². The third-order valence-electron chi connectivity index (χ3n) is 3.11. The quantitative estimate of drug-likeness (QED) is 0.830. The average molecular weight is 294 g/mol. The van der Waals surface area contributed by atoms with Gasteiger partial charge in [0.1, 0.15) is 6.61 Å². The minimum absolute atomic E-state index is 0.152. The third-order valence-corrected chi connectivity index (χ3v) is 3.42. The van der Waals surface area contributed by atoms with Crippen molar-refractivity contribution in [3.05, 3.63) is 34.3 Å². The van der Waals surface area contributed by atoms with Gasteiger partial charge in [-0.05, 0) is 24.6 Å². The largest absolute Gasteiger partial charge is 0.384 e. The van der Waals surface area contributed by atoms with E-state index in [-0.39, 0.29) is 12.5 Å². The van der Waals surface area contributed by atoms with E-state index in [1.165, 1.54) is 0 Å². The molecule has 1 aliphatic heterocycles. The number of nitrogens with one attached hydrogen (secondary N) is 1. The SMILES string of the molecule is O=C(NCC1CCOC1)c1ccc(C#CCO)c(Cl)c1. The molecule has 0 aliphatic carbocycles. The summed E-state index contributed by atoms with van der Waals surface area (Å²) in [6, 6.07) is 4.94. The molecule has 106 valence electrons. The van der Waals surface area contributed by atoms with Gasteiger partial charge >= 0.3 is 0 Å². The molecule has 2 N–H and O–H groups in total. The minimum atomic E-state index is -0.220. The Balaban J connectivity index is 1.97. The normalized spacial score (nSPS) is 17.4. The molecule has 1 aliphatic rings. The second-order valence-electron chi connectivity index (χ2n) is 4.59. The lowest BCUT2D eigenvalue weighted by Crippen LogP contribution is -2.29. The zero-order chi connectivity index (χ0) is 14.4. The summed E-state index contributed by atoms with van der Waals surface area (Å²) in [6.45, 7) is 1.87. The van der Waals surface area contributed by atoms with Crippen LogP contribution in [0.25, 0.3) is 0 Å². The predicted octanol–water partition coefficient (Wildman–Crippen LogP) is 1.45. The number of ether oxygens (including phenoxy) is 1. The van der Waals surface area contributed by atoms with Crippen molar-refractivity contribution in [2.75, 3.05) is 26.4 Å². The van der Waals surface area contributed by atoms with Crippen LogP contribution in [0.15, 0.2) is 18.2 Å². The number of rotatable bonds is 3. The summed E-state index contributed by atoms with van der Waals surface area (Å²) >= 11 is 6.05. The Labute approximate surface area is 123 Å². The molecule has 0 bridgehead atoms. The van der Waals surface area contributed by atoms with E-state index in [1.807, 2.05) is 0 Å². The van der Waals surface area contributed by atoms with Gasteiger partial charge in [-0.15, -0.1) is 0 Å². The first-order valence-corrected chi connectivity index (χ1v) is 6.83. The summed E-state index contributed by atoms with van der Waals surface area (Å²) in [5, 5.41) is 11.9. The molecule has 1 aromatic rings. The predicted molar refractivity (Wildman–Crippen MR) is 76.7 cm³/mol. The number of aliphatic hydroxyl groups is 1. The molecule has 20 heavy (non-hydrogen) atoms. The molecule has 0 aromatic heterocycles. The molecule has 1 fully saturated rings. The molecule has 1 amide bonds. The Morgan fingerprint density at radius 2 is 2.40 bits per heavy atom. The van der Waals surface area contributed by atoms with Crippen LogP contribution in [0.3, 0.4) is 0 Å². The van der Waals surface area contributed by atoms with Crippen molar-refractivity contribution in [3.8, 4) is 11.8 Å². The molecule has 1 atom stereocenters. The Hall–Kier alpha value is -1.54. The lowest BCUT2D eigenvalue weighted by molar-refractivity contribution is 0.0945. The maximum atomic E-state index is 12.0. The number of halogens is 1. The molecular formula is C15H16ClNO3. The summed E-state index contributed by atoms with van der Waals surface area (Å²) in [6.07, 6.45) is 0.983. The fraction of sp³-hybridized carbons (Fsp3) is 0.400. The zero-order valence-electron chi connectivity index (χ0n) is 11.0. The second-order valence-corrected chi connectivity index (χ2v) is 5.00. The topological polar surface area (TPSA) is 58.6 Å². The number of hydrogen-bond acceptors (Lipinski definition) is 3. The zero-order valence-corrected chi connectivity index (χ0v) is 11.7. The molecule has 5 heteroatoms. The fourth-order valence-electron chi connectivity index (χ4n) is 1.98. The van der Waals surface area contributed by atoms with E-state index in [0.29, 0.717) is 35.2 Å². The summed E-state index contributed by atoms with van der Waals surface area (Å²) in [5.74, 6) is 5.49. The number of hydrogen-bond donors (Lipinski definition) is 2. The van der Waals surface area contributed by atoms with Crippen LogP contribution in [0.2, 0.25) is 5.02 Å². The molecule has 1 unspecified atom stereocenters. The van der Waals surface area contributed by atoms with Crippen LogP contribution in [-0.4, -0.2) is 37.4 Å². The van der Waals surface area contributed by atoms with E-state index in [1.54, 1.807) is 18.2 Å². The molecule has 4 nitrogen and oxygen atoms in total. The van der Waals surface area contributed by atoms with Gasteiger partial charge in [-0.2, -0.15) is 0 Å². The summed E-state index contributed by atoms with van der Waals surface area (Å²) in [5.41, 5.74) is 1.10. The molecule has 0 radical (unpaired) electrons. The van der Waals surface area contributed by atoms with Crippen molar-refractivity contribution in [1.82, 2.24) is 5.32 Å². The van der Waals surface area contributed by atoms with Gasteiger partial charge < -0.3 is 15.2 Å². The molecule has 1 aromatic carbocycles. The number of aliphatic hydroxyl groups excluding tert-OH is 1. The van der Waals surface area contributed by atoms with Crippen LogP contribution in [0.1, 0.15) is 22.3 Å². The van der Waals surface area contributed by atoms with Gasteiger partial charge in [0, 0.05) is 30.2 Å². The standard InChI is InChI=1S/C15H16ClNO3/c16-14-8-13(4-3-12(14)2-1-6-18)15(19)17-9-11-5-7-20-10-11/h3-4,8,11,18H,5-7,9-10H2,(H,17,19). The van der Waals surface area contributed by atoms with Gasteiger partial charge in [-0.1, -0.05) is 23.4 Å². The first-order chi connectivity index (χ1) is 9.70. The number of benzene rings is 1. The fourth-order valence-corrected chi connectivity index (χ4v) is 2.20. The molecule has 1 saturated heterocycles. The van der Waals surface area contributed by atoms with Gasteiger partial charge in [-0.3, -0.25) is 4.79 Å². The first kappa shape index (κ1) is 14.9. The molecule has 0 spiro atoms. The highest BCUT2D eigenvalue weighted by molar-refractivity contribution is 6.32. The molecular weight excluding hydrogens is 278 g/mol. The van der Waals surface area contributed by atoms with E-state index < -0.39 is 0 Å². The van der Waals surface area contributed by atoms with Crippen LogP contribution in [0, 0.1) is 17.8 Å². The van der Waals surface area contributed by atoms with Crippen LogP contribution in [-0.2, 0) is 4.74 Å². The van der Waals surface area contributed by atoms with E-state index >= 15 is 0 Å².